The van der Waals surface area contributed by atoms with Gasteiger partial charge in [-0.15, -0.1) is 0 Å². The van der Waals surface area contributed by atoms with Crippen LogP contribution in [0, 0.1) is 35.2 Å². The number of hydrogen-bond donors (Lipinski definition) is 0. The molecule has 1 saturated carbocycles. The maximum atomic E-state index is 14.0. The van der Waals surface area contributed by atoms with Gasteiger partial charge in [0, 0.05) is 12.8 Å². The molecule has 0 radical (unpaired) electrons. The summed E-state index contributed by atoms with van der Waals surface area (Å²) in [6.07, 6.45) is 2.53. The molecule has 0 aliphatic heterocycles. The summed E-state index contributed by atoms with van der Waals surface area (Å²) in [5.74, 6) is 0.957. The van der Waals surface area contributed by atoms with Gasteiger partial charge in [-0.3, -0.25) is 4.40 Å². The summed E-state index contributed by atoms with van der Waals surface area (Å²) in [6.45, 7) is 3.70. The Kier molecular flexibility index (Phi) is 3.04. The lowest BCUT2D eigenvalue weighted by molar-refractivity contribution is -0.583. The molecule has 0 spiro atoms. The van der Waals surface area contributed by atoms with Crippen molar-refractivity contribution in [1.82, 2.24) is 19.5 Å². The molecule has 3 aromatic heterocycles. The van der Waals surface area contributed by atoms with E-state index in [0.29, 0.717) is 39.1 Å². The van der Waals surface area contributed by atoms with Gasteiger partial charge in [-0.25, -0.2) is 9.37 Å². The third kappa shape index (κ3) is 2.07. The number of aromatic nitrogens is 5. The van der Waals surface area contributed by atoms with Crippen molar-refractivity contribution in [3.05, 3.63) is 46.6 Å². The maximum Gasteiger partial charge on any atom is 0.279 e. The van der Waals surface area contributed by atoms with Crippen LogP contribution in [0.1, 0.15) is 36.3 Å². The molecule has 1 fully saturated rings. The van der Waals surface area contributed by atoms with Crippen molar-refractivity contribution in [1.29, 1.82) is 5.26 Å². The molecule has 1 aliphatic carbocycles. The largest absolute Gasteiger partial charge is 0.618 e. The smallest absolute Gasteiger partial charge is 0.279 e. The third-order valence-corrected chi connectivity index (χ3v) is 5.18. The SMILES string of the molecule is Cc1c2c(-c3nc(C4CC4C)no3)ncn2c2ccc(F)c(C#N)c2[n+]1[O-]. The fraction of sp³-hybridized carbons (Fsp3) is 0.278. The predicted molar refractivity (Wildman–Crippen MR) is 90.9 cm³/mol. The van der Waals surface area contributed by atoms with Gasteiger partial charge < -0.3 is 9.73 Å². The summed E-state index contributed by atoms with van der Waals surface area (Å²) in [5.41, 5.74) is 1.16. The first-order valence-corrected chi connectivity index (χ1v) is 8.46. The molecule has 0 saturated heterocycles. The topological polar surface area (TPSA) is 107 Å². The molecule has 2 unspecified atom stereocenters. The van der Waals surface area contributed by atoms with Crippen molar-refractivity contribution >= 4 is 16.6 Å². The minimum atomic E-state index is -0.742. The van der Waals surface area contributed by atoms with Gasteiger partial charge in [-0.2, -0.15) is 15.0 Å². The molecule has 134 valence electrons. The van der Waals surface area contributed by atoms with E-state index in [1.807, 2.05) is 0 Å². The van der Waals surface area contributed by atoms with Gasteiger partial charge in [0.05, 0.1) is 0 Å². The van der Waals surface area contributed by atoms with Crippen molar-refractivity contribution in [2.75, 3.05) is 0 Å². The second-order valence-electron chi connectivity index (χ2n) is 6.87. The van der Waals surface area contributed by atoms with E-state index in [9.17, 15) is 14.9 Å². The molecule has 1 aromatic carbocycles. The molecule has 27 heavy (non-hydrogen) atoms. The third-order valence-electron chi connectivity index (χ3n) is 5.18. The highest BCUT2D eigenvalue weighted by atomic mass is 19.1. The Balaban J connectivity index is 1.80. The molecular weight excluding hydrogens is 351 g/mol. The Morgan fingerprint density at radius 2 is 2.22 bits per heavy atom. The van der Waals surface area contributed by atoms with Gasteiger partial charge in [0.2, 0.25) is 5.69 Å². The van der Waals surface area contributed by atoms with Crippen LogP contribution in [0.3, 0.4) is 0 Å². The van der Waals surface area contributed by atoms with Crippen molar-refractivity contribution in [2.24, 2.45) is 5.92 Å². The molecule has 4 aromatic rings. The molecule has 3 heterocycles. The van der Waals surface area contributed by atoms with Crippen LogP contribution in [0.4, 0.5) is 4.39 Å². The van der Waals surface area contributed by atoms with Crippen molar-refractivity contribution in [3.8, 4) is 17.7 Å². The second-order valence-corrected chi connectivity index (χ2v) is 6.87. The number of nitrogens with zero attached hydrogens (tertiary/aromatic N) is 6. The average Bonchev–Trinajstić information content (AvgIpc) is 3.07. The number of benzene rings is 1. The summed E-state index contributed by atoms with van der Waals surface area (Å²) in [7, 11) is 0. The number of fused-ring (bicyclic) bond motifs is 3. The van der Waals surface area contributed by atoms with Gasteiger partial charge in [0.15, 0.2) is 17.1 Å². The zero-order valence-electron chi connectivity index (χ0n) is 14.5. The first kappa shape index (κ1) is 15.7. The van der Waals surface area contributed by atoms with Crippen LogP contribution in [0.15, 0.2) is 23.0 Å². The van der Waals surface area contributed by atoms with E-state index in [0.717, 1.165) is 12.5 Å². The lowest BCUT2D eigenvalue weighted by Crippen LogP contribution is -2.33. The monoisotopic (exact) mass is 364 g/mol. The highest BCUT2D eigenvalue weighted by Crippen LogP contribution is 2.46. The molecule has 8 nitrogen and oxygen atoms in total. The van der Waals surface area contributed by atoms with E-state index in [4.69, 9.17) is 4.52 Å². The number of rotatable bonds is 2. The van der Waals surface area contributed by atoms with Crippen LogP contribution in [0.2, 0.25) is 0 Å². The lowest BCUT2D eigenvalue weighted by Gasteiger charge is -2.09. The molecule has 0 bridgehead atoms. The van der Waals surface area contributed by atoms with Gasteiger partial charge >= 0.3 is 0 Å². The summed E-state index contributed by atoms with van der Waals surface area (Å²) in [5, 5.41) is 26.1. The van der Waals surface area contributed by atoms with E-state index in [-0.39, 0.29) is 22.7 Å². The van der Waals surface area contributed by atoms with E-state index in [2.05, 4.69) is 22.0 Å². The van der Waals surface area contributed by atoms with Gasteiger partial charge in [-0.1, -0.05) is 12.1 Å². The fourth-order valence-electron chi connectivity index (χ4n) is 3.52. The fourth-order valence-corrected chi connectivity index (χ4v) is 3.52. The first-order chi connectivity index (χ1) is 13.0. The van der Waals surface area contributed by atoms with Crippen LogP contribution >= 0.6 is 0 Å². The zero-order chi connectivity index (χ0) is 18.9. The zero-order valence-corrected chi connectivity index (χ0v) is 14.5. The highest BCUT2D eigenvalue weighted by Gasteiger charge is 2.38. The van der Waals surface area contributed by atoms with E-state index >= 15 is 0 Å². The Morgan fingerprint density at radius 3 is 2.93 bits per heavy atom. The van der Waals surface area contributed by atoms with Gasteiger partial charge in [0.25, 0.3) is 11.4 Å². The predicted octanol–water partition coefficient (Wildman–Crippen LogP) is 2.61. The van der Waals surface area contributed by atoms with Crippen LogP contribution < -0.4 is 4.73 Å². The Labute approximate surface area is 152 Å². The van der Waals surface area contributed by atoms with E-state index in [1.165, 1.54) is 12.4 Å². The maximum absolute atomic E-state index is 14.0. The van der Waals surface area contributed by atoms with Crippen molar-refractivity contribution in [3.63, 3.8) is 0 Å². The number of halogens is 1. The summed E-state index contributed by atoms with van der Waals surface area (Å²) in [6, 6.07) is 4.37. The van der Waals surface area contributed by atoms with Crippen LogP contribution in [-0.2, 0) is 0 Å². The van der Waals surface area contributed by atoms with E-state index < -0.39 is 5.82 Å². The van der Waals surface area contributed by atoms with Crippen LogP contribution in [0.25, 0.3) is 28.1 Å². The van der Waals surface area contributed by atoms with E-state index in [1.54, 1.807) is 17.4 Å². The van der Waals surface area contributed by atoms with Crippen LogP contribution in [0.5, 0.6) is 0 Å². The molecule has 2 atom stereocenters. The number of aryl methyl sites for hydroxylation is 1. The van der Waals surface area contributed by atoms with Crippen molar-refractivity contribution < 1.29 is 13.6 Å². The molecular formula is C18H13FN6O2. The number of nitriles is 1. The molecule has 1 aliphatic rings. The Hall–Kier alpha value is -3.54. The quantitative estimate of drug-likeness (QED) is 0.400. The summed E-state index contributed by atoms with van der Waals surface area (Å²) >= 11 is 0. The van der Waals surface area contributed by atoms with Crippen LogP contribution in [-0.4, -0.2) is 19.5 Å². The molecule has 0 amide bonds. The highest BCUT2D eigenvalue weighted by molar-refractivity contribution is 5.85. The number of imidazole rings is 1. The summed E-state index contributed by atoms with van der Waals surface area (Å²) in [4.78, 5) is 8.78. The molecule has 0 N–H and O–H groups in total. The second kappa shape index (κ2) is 5.23. The normalized spacial score (nSPS) is 18.9. The standard InChI is InChI=1S/C18H13FN6O2/c1-8-5-10(8)17-22-18(27-23-17)14-15-9(2)25(26)16-11(6-20)12(19)3-4-13(16)24(15)7-21-14/h3-4,7-8,10H,5H2,1-2H3. The van der Waals surface area contributed by atoms with Crippen molar-refractivity contribution in [2.45, 2.75) is 26.2 Å². The minimum Gasteiger partial charge on any atom is -0.618 e. The first-order valence-electron chi connectivity index (χ1n) is 8.46. The number of hydrogen-bond acceptors (Lipinski definition) is 6. The molecule has 9 heteroatoms. The Bertz CT molecular complexity index is 1280. The minimum absolute atomic E-state index is 0.0375. The summed E-state index contributed by atoms with van der Waals surface area (Å²) < 4.78 is 21.6. The average molecular weight is 364 g/mol. The van der Waals surface area contributed by atoms with Gasteiger partial charge in [-0.05, 0) is 24.5 Å². The Morgan fingerprint density at radius 1 is 1.44 bits per heavy atom. The lowest BCUT2D eigenvalue weighted by atomic mass is 10.1. The molecule has 5 rings (SSSR count). The van der Waals surface area contributed by atoms with Gasteiger partial charge in [0.1, 0.15) is 29.2 Å².